The summed E-state index contributed by atoms with van der Waals surface area (Å²) in [5.41, 5.74) is 0.695. The number of aromatic carboxylic acids is 1. The lowest BCUT2D eigenvalue weighted by Gasteiger charge is -2.07. The van der Waals surface area contributed by atoms with Crippen LogP contribution in [-0.4, -0.2) is 16.1 Å². The molecule has 0 aliphatic carbocycles. The monoisotopic (exact) mass is 247 g/mol. The first-order valence-electron chi connectivity index (χ1n) is 5.21. The molecule has 0 fully saturated rings. The number of pyridine rings is 1. The van der Waals surface area contributed by atoms with Crippen molar-refractivity contribution in [2.45, 2.75) is 6.61 Å². The largest absolute Gasteiger partial charge is 0.486 e. The number of carboxylic acid groups (broad SMARTS) is 1. The topological polar surface area (TPSA) is 59.4 Å². The minimum absolute atomic E-state index is 0.0175. The summed E-state index contributed by atoms with van der Waals surface area (Å²) >= 11 is 0. The van der Waals surface area contributed by atoms with Gasteiger partial charge in [-0.05, 0) is 24.3 Å². The van der Waals surface area contributed by atoms with Crippen LogP contribution in [0.1, 0.15) is 15.9 Å². The number of rotatable bonds is 4. The van der Waals surface area contributed by atoms with E-state index in [1.807, 2.05) is 0 Å². The van der Waals surface area contributed by atoms with Crippen molar-refractivity contribution in [1.82, 2.24) is 4.98 Å². The summed E-state index contributed by atoms with van der Waals surface area (Å²) in [6, 6.07) is 7.08. The molecule has 0 saturated heterocycles. The number of nitrogens with zero attached hydrogens (tertiary/aromatic N) is 1. The molecule has 1 aromatic heterocycles. The van der Waals surface area contributed by atoms with E-state index >= 15 is 0 Å². The standard InChI is InChI=1S/C13H10FNO3/c14-11-6-10(13(16)17)3-4-12(11)18-8-9-2-1-5-15-7-9/h1-7H,8H2,(H,16,17). The predicted octanol–water partition coefficient (Wildman–Crippen LogP) is 2.50. The molecule has 0 bridgehead atoms. The van der Waals surface area contributed by atoms with E-state index in [9.17, 15) is 9.18 Å². The summed E-state index contributed by atoms with van der Waals surface area (Å²) < 4.78 is 18.8. The Labute approximate surface area is 103 Å². The van der Waals surface area contributed by atoms with Crippen molar-refractivity contribution in [2.75, 3.05) is 0 Å². The maximum Gasteiger partial charge on any atom is 0.335 e. The van der Waals surface area contributed by atoms with Gasteiger partial charge >= 0.3 is 5.97 Å². The van der Waals surface area contributed by atoms with E-state index in [-0.39, 0.29) is 17.9 Å². The third kappa shape index (κ3) is 2.82. The Morgan fingerprint density at radius 3 is 2.83 bits per heavy atom. The Bertz CT molecular complexity index is 557. The van der Waals surface area contributed by atoms with Gasteiger partial charge in [-0.1, -0.05) is 6.07 Å². The van der Waals surface area contributed by atoms with Crippen molar-refractivity contribution in [3.05, 3.63) is 59.7 Å². The fourth-order valence-corrected chi connectivity index (χ4v) is 1.40. The lowest BCUT2D eigenvalue weighted by atomic mass is 10.2. The molecule has 0 saturated carbocycles. The highest BCUT2D eigenvalue weighted by atomic mass is 19.1. The van der Waals surface area contributed by atoms with E-state index in [0.29, 0.717) is 0 Å². The Morgan fingerprint density at radius 2 is 2.22 bits per heavy atom. The van der Waals surface area contributed by atoms with Gasteiger partial charge in [0.15, 0.2) is 11.6 Å². The van der Waals surface area contributed by atoms with Crippen LogP contribution in [0.2, 0.25) is 0 Å². The number of carboxylic acids is 1. The van der Waals surface area contributed by atoms with Gasteiger partial charge in [0, 0.05) is 18.0 Å². The fourth-order valence-electron chi connectivity index (χ4n) is 1.40. The highest BCUT2D eigenvalue weighted by Crippen LogP contribution is 2.19. The molecular formula is C13H10FNO3. The lowest BCUT2D eigenvalue weighted by molar-refractivity contribution is 0.0696. The number of hydrogen-bond donors (Lipinski definition) is 1. The van der Waals surface area contributed by atoms with Crippen LogP contribution in [0.3, 0.4) is 0 Å². The Hall–Kier alpha value is -2.43. The van der Waals surface area contributed by atoms with E-state index < -0.39 is 11.8 Å². The third-order valence-corrected chi connectivity index (χ3v) is 2.30. The van der Waals surface area contributed by atoms with E-state index in [2.05, 4.69) is 4.98 Å². The molecule has 0 aliphatic heterocycles. The predicted molar refractivity (Wildman–Crippen MR) is 61.9 cm³/mol. The molecule has 1 heterocycles. The second kappa shape index (κ2) is 5.27. The van der Waals surface area contributed by atoms with E-state index in [4.69, 9.17) is 9.84 Å². The number of aromatic nitrogens is 1. The van der Waals surface area contributed by atoms with Gasteiger partial charge in [-0.2, -0.15) is 0 Å². The van der Waals surface area contributed by atoms with Crippen molar-refractivity contribution in [1.29, 1.82) is 0 Å². The number of halogens is 1. The van der Waals surface area contributed by atoms with Crippen LogP contribution in [0, 0.1) is 5.82 Å². The molecule has 1 aromatic carbocycles. The van der Waals surface area contributed by atoms with Gasteiger partial charge in [0.2, 0.25) is 0 Å². The molecule has 92 valence electrons. The first-order chi connectivity index (χ1) is 8.66. The van der Waals surface area contributed by atoms with Gasteiger partial charge in [-0.3, -0.25) is 4.98 Å². The zero-order valence-electron chi connectivity index (χ0n) is 9.34. The van der Waals surface area contributed by atoms with E-state index in [1.54, 1.807) is 24.5 Å². The van der Waals surface area contributed by atoms with Gasteiger partial charge in [-0.15, -0.1) is 0 Å². The summed E-state index contributed by atoms with van der Waals surface area (Å²) in [5, 5.41) is 8.69. The first-order valence-corrected chi connectivity index (χ1v) is 5.21. The van der Waals surface area contributed by atoms with Gasteiger partial charge in [-0.25, -0.2) is 9.18 Å². The molecular weight excluding hydrogens is 237 g/mol. The van der Waals surface area contributed by atoms with Gasteiger partial charge in [0.1, 0.15) is 6.61 Å². The molecule has 2 aromatic rings. The normalized spacial score (nSPS) is 10.1. The maximum atomic E-state index is 13.5. The van der Waals surface area contributed by atoms with E-state index in [1.165, 1.54) is 12.1 Å². The number of benzene rings is 1. The van der Waals surface area contributed by atoms with Crippen molar-refractivity contribution in [3.8, 4) is 5.75 Å². The highest BCUT2D eigenvalue weighted by molar-refractivity contribution is 5.87. The number of hydrogen-bond acceptors (Lipinski definition) is 3. The Kier molecular flexibility index (Phi) is 3.52. The van der Waals surface area contributed by atoms with Crippen molar-refractivity contribution >= 4 is 5.97 Å². The molecule has 2 rings (SSSR count). The first kappa shape index (κ1) is 12.0. The highest BCUT2D eigenvalue weighted by Gasteiger charge is 2.09. The molecule has 18 heavy (non-hydrogen) atoms. The summed E-state index contributed by atoms with van der Waals surface area (Å²) in [6.07, 6.45) is 3.25. The van der Waals surface area contributed by atoms with Gasteiger partial charge < -0.3 is 9.84 Å². The minimum Gasteiger partial charge on any atom is -0.486 e. The third-order valence-electron chi connectivity index (χ3n) is 2.30. The van der Waals surface area contributed by atoms with Crippen LogP contribution < -0.4 is 4.74 Å². The van der Waals surface area contributed by atoms with Gasteiger partial charge in [0.05, 0.1) is 5.56 Å². The second-order valence-electron chi connectivity index (χ2n) is 3.60. The van der Waals surface area contributed by atoms with Crippen molar-refractivity contribution in [2.24, 2.45) is 0 Å². The summed E-state index contributed by atoms with van der Waals surface area (Å²) in [5.74, 6) is -1.85. The molecule has 0 spiro atoms. The van der Waals surface area contributed by atoms with Crippen molar-refractivity contribution < 1.29 is 19.0 Å². The van der Waals surface area contributed by atoms with Crippen LogP contribution >= 0.6 is 0 Å². The molecule has 0 amide bonds. The van der Waals surface area contributed by atoms with E-state index in [0.717, 1.165) is 11.6 Å². The average molecular weight is 247 g/mol. The molecule has 0 unspecified atom stereocenters. The van der Waals surface area contributed by atoms with Crippen LogP contribution in [0.25, 0.3) is 0 Å². The smallest absolute Gasteiger partial charge is 0.335 e. The fraction of sp³-hybridized carbons (Fsp3) is 0.0769. The SMILES string of the molecule is O=C(O)c1ccc(OCc2cccnc2)c(F)c1. The quantitative estimate of drug-likeness (QED) is 0.901. The maximum absolute atomic E-state index is 13.5. The summed E-state index contributed by atoms with van der Waals surface area (Å²) in [6.45, 7) is 0.178. The Morgan fingerprint density at radius 1 is 1.39 bits per heavy atom. The van der Waals surface area contributed by atoms with Crippen LogP contribution in [0.5, 0.6) is 5.75 Å². The van der Waals surface area contributed by atoms with Crippen molar-refractivity contribution in [3.63, 3.8) is 0 Å². The minimum atomic E-state index is -1.17. The molecule has 4 nitrogen and oxygen atoms in total. The second-order valence-corrected chi connectivity index (χ2v) is 3.60. The number of ether oxygens (including phenoxy) is 1. The molecule has 1 N–H and O–H groups in total. The summed E-state index contributed by atoms with van der Waals surface area (Å²) in [7, 11) is 0. The van der Waals surface area contributed by atoms with Crippen LogP contribution in [0.4, 0.5) is 4.39 Å². The van der Waals surface area contributed by atoms with Crippen LogP contribution in [-0.2, 0) is 6.61 Å². The molecule has 0 atom stereocenters. The number of carbonyl (C=O) groups is 1. The molecule has 0 radical (unpaired) electrons. The zero-order valence-corrected chi connectivity index (χ0v) is 9.34. The zero-order chi connectivity index (χ0) is 13.0. The Balaban J connectivity index is 2.08. The lowest BCUT2D eigenvalue weighted by Crippen LogP contribution is -2.01. The van der Waals surface area contributed by atoms with Crippen LogP contribution in [0.15, 0.2) is 42.7 Å². The average Bonchev–Trinajstić information content (AvgIpc) is 2.38. The molecule has 0 aliphatic rings. The molecule has 5 heteroatoms. The van der Waals surface area contributed by atoms with Gasteiger partial charge in [0.25, 0.3) is 0 Å². The summed E-state index contributed by atoms with van der Waals surface area (Å²) in [4.78, 5) is 14.5.